The molecule has 2 aromatic rings. The van der Waals surface area contributed by atoms with Gasteiger partial charge in [-0.1, -0.05) is 0 Å². The van der Waals surface area contributed by atoms with E-state index in [2.05, 4.69) is 16.0 Å². The summed E-state index contributed by atoms with van der Waals surface area (Å²) in [4.78, 5) is 8.09. The van der Waals surface area contributed by atoms with Crippen LogP contribution in [0, 0.1) is 11.3 Å². The van der Waals surface area contributed by atoms with E-state index in [-0.39, 0.29) is 0 Å². The molecule has 4 nitrogen and oxygen atoms in total. The van der Waals surface area contributed by atoms with Gasteiger partial charge in [0, 0.05) is 25.0 Å². The molecule has 2 rings (SSSR count). The van der Waals surface area contributed by atoms with Gasteiger partial charge in [-0.05, 0) is 12.1 Å². The number of pyridine rings is 1. The van der Waals surface area contributed by atoms with Gasteiger partial charge in [0.15, 0.2) is 0 Å². The molecule has 0 N–H and O–H groups in total. The highest BCUT2D eigenvalue weighted by Gasteiger charge is 2.06. The van der Waals surface area contributed by atoms with Crippen molar-refractivity contribution in [2.75, 3.05) is 0 Å². The number of nitrogens with zero attached hydrogens (tertiary/aromatic N) is 4. The fourth-order valence-corrected chi connectivity index (χ4v) is 1.28. The number of nitriles is 1. The first-order chi connectivity index (χ1) is 6.83. The molecule has 0 unspecified atom stereocenters. The normalized spacial score (nSPS) is 9.71. The predicted molar refractivity (Wildman–Crippen MR) is 51.2 cm³/mol. The molecule has 0 saturated heterocycles. The summed E-state index contributed by atoms with van der Waals surface area (Å²) in [6.07, 6.45) is 4.97. The van der Waals surface area contributed by atoms with Crippen LogP contribution in [-0.2, 0) is 7.05 Å². The molecule has 0 spiro atoms. The van der Waals surface area contributed by atoms with Gasteiger partial charge in [-0.25, -0.2) is 4.98 Å². The molecule has 0 amide bonds. The minimum atomic E-state index is 0.553. The number of rotatable bonds is 1. The highest BCUT2D eigenvalue weighted by molar-refractivity contribution is 5.55. The van der Waals surface area contributed by atoms with E-state index in [0.717, 1.165) is 11.4 Å². The molecule has 0 aliphatic carbocycles. The summed E-state index contributed by atoms with van der Waals surface area (Å²) in [7, 11) is 1.82. The van der Waals surface area contributed by atoms with E-state index in [1.807, 2.05) is 19.2 Å². The lowest BCUT2D eigenvalue weighted by molar-refractivity contribution is 0.907. The average Bonchev–Trinajstić information content (AvgIpc) is 2.61. The van der Waals surface area contributed by atoms with Crippen molar-refractivity contribution in [1.82, 2.24) is 14.5 Å². The van der Waals surface area contributed by atoms with Crippen molar-refractivity contribution in [1.29, 1.82) is 5.26 Å². The van der Waals surface area contributed by atoms with E-state index in [4.69, 9.17) is 5.26 Å². The van der Waals surface area contributed by atoms with Crippen molar-refractivity contribution in [2.24, 2.45) is 7.05 Å². The maximum atomic E-state index is 8.76. The Bertz CT molecular complexity index is 479. The lowest BCUT2D eigenvalue weighted by Crippen LogP contribution is -1.95. The summed E-state index contributed by atoms with van der Waals surface area (Å²) < 4.78 is 1.76. The maximum Gasteiger partial charge on any atom is 0.140 e. The van der Waals surface area contributed by atoms with Crippen molar-refractivity contribution in [3.05, 3.63) is 36.4 Å². The smallest absolute Gasteiger partial charge is 0.140 e. The predicted octanol–water partition coefficient (Wildman–Crippen LogP) is 1.35. The van der Waals surface area contributed by atoms with E-state index < -0.39 is 0 Å². The summed E-state index contributed by atoms with van der Waals surface area (Å²) >= 11 is 0. The zero-order valence-corrected chi connectivity index (χ0v) is 7.68. The average molecular weight is 184 g/mol. The van der Waals surface area contributed by atoms with Gasteiger partial charge < -0.3 is 4.57 Å². The maximum absolute atomic E-state index is 8.76. The molecule has 2 heterocycles. The topological polar surface area (TPSA) is 54.5 Å². The molecule has 68 valence electrons. The first kappa shape index (κ1) is 8.45. The number of aromatic nitrogens is 3. The largest absolute Gasteiger partial charge is 0.319 e. The lowest BCUT2D eigenvalue weighted by atomic mass is 10.2. The first-order valence-electron chi connectivity index (χ1n) is 4.15. The van der Waals surface area contributed by atoms with Crippen LogP contribution in [0.25, 0.3) is 11.4 Å². The van der Waals surface area contributed by atoms with E-state index in [1.54, 1.807) is 23.2 Å². The van der Waals surface area contributed by atoms with Crippen LogP contribution in [-0.4, -0.2) is 14.5 Å². The summed E-state index contributed by atoms with van der Waals surface area (Å²) in [5.41, 5.74) is 1.51. The minimum absolute atomic E-state index is 0.553. The fraction of sp³-hybridized carbons (Fsp3) is 0.100. The lowest BCUT2D eigenvalue weighted by Gasteiger charge is -2.00. The molecule has 14 heavy (non-hydrogen) atoms. The van der Waals surface area contributed by atoms with Gasteiger partial charge in [0.25, 0.3) is 0 Å². The molecule has 0 radical (unpaired) electrons. The Morgan fingerprint density at radius 3 is 2.64 bits per heavy atom. The Labute approximate surface area is 81.5 Å². The van der Waals surface area contributed by atoms with Crippen LogP contribution in [0.5, 0.6) is 0 Å². The molecule has 0 aliphatic heterocycles. The Hall–Kier alpha value is -2.15. The van der Waals surface area contributed by atoms with Crippen LogP contribution in [0.1, 0.15) is 5.69 Å². The molecule has 4 heteroatoms. The SMILES string of the molecule is Cn1c(C#N)cnc1-c1ccncc1. The van der Waals surface area contributed by atoms with Crippen LogP contribution < -0.4 is 0 Å². The van der Waals surface area contributed by atoms with Crippen LogP contribution >= 0.6 is 0 Å². The van der Waals surface area contributed by atoms with Crippen molar-refractivity contribution in [3.8, 4) is 17.5 Å². The van der Waals surface area contributed by atoms with Gasteiger partial charge in [-0.15, -0.1) is 0 Å². The third-order valence-electron chi connectivity index (χ3n) is 2.04. The third kappa shape index (κ3) is 1.25. The Morgan fingerprint density at radius 2 is 2.07 bits per heavy atom. The standard InChI is InChI=1S/C10H8N4/c1-14-9(6-11)7-13-10(14)8-2-4-12-5-3-8/h2-5,7H,1H3. The first-order valence-corrected chi connectivity index (χ1v) is 4.15. The van der Waals surface area contributed by atoms with Crippen LogP contribution in [0.2, 0.25) is 0 Å². The molecular weight excluding hydrogens is 176 g/mol. The Balaban J connectivity index is 2.54. The second-order valence-electron chi connectivity index (χ2n) is 2.87. The van der Waals surface area contributed by atoms with Crippen molar-refractivity contribution < 1.29 is 0 Å². The van der Waals surface area contributed by atoms with Crippen molar-refractivity contribution in [2.45, 2.75) is 0 Å². The molecule has 0 aliphatic rings. The number of hydrogen-bond donors (Lipinski definition) is 0. The number of imidazole rings is 1. The monoisotopic (exact) mass is 184 g/mol. The summed E-state index contributed by atoms with van der Waals surface area (Å²) in [5, 5.41) is 8.76. The van der Waals surface area contributed by atoms with Gasteiger partial charge in [0.1, 0.15) is 17.6 Å². The third-order valence-corrected chi connectivity index (χ3v) is 2.04. The highest BCUT2D eigenvalue weighted by Crippen LogP contribution is 2.16. The van der Waals surface area contributed by atoms with E-state index in [1.165, 1.54) is 0 Å². The molecule has 0 saturated carbocycles. The zero-order chi connectivity index (χ0) is 9.97. The second kappa shape index (κ2) is 3.30. The van der Waals surface area contributed by atoms with E-state index >= 15 is 0 Å². The molecule has 0 fully saturated rings. The van der Waals surface area contributed by atoms with Crippen LogP contribution in [0.3, 0.4) is 0 Å². The molecular formula is C10H8N4. The summed E-state index contributed by atoms with van der Waals surface area (Å²) in [6.45, 7) is 0. The van der Waals surface area contributed by atoms with Crippen LogP contribution in [0.4, 0.5) is 0 Å². The highest BCUT2D eigenvalue weighted by atomic mass is 15.1. The Kier molecular flexibility index (Phi) is 1.99. The van der Waals surface area contributed by atoms with Gasteiger partial charge in [-0.3, -0.25) is 4.98 Å². The molecule has 0 bridgehead atoms. The van der Waals surface area contributed by atoms with Gasteiger partial charge in [0.2, 0.25) is 0 Å². The van der Waals surface area contributed by atoms with E-state index in [9.17, 15) is 0 Å². The summed E-state index contributed by atoms with van der Waals surface area (Å²) in [6, 6.07) is 5.80. The number of hydrogen-bond acceptors (Lipinski definition) is 3. The van der Waals surface area contributed by atoms with Crippen LogP contribution in [0.15, 0.2) is 30.7 Å². The Morgan fingerprint density at radius 1 is 1.36 bits per heavy atom. The van der Waals surface area contributed by atoms with Crippen molar-refractivity contribution in [3.63, 3.8) is 0 Å². The fourth-order valence-electron chi connectivity index (χ4n) is 1.28. The van der Waals surface area contributed by atoms with Gasteiger partial charge in [0.05, 0.1) is 6.20 Å². The van der Waals surface area contributed by atoms with E-state index in [0.29, 0.717) is 5.69 Å². The molecule has 0 aromatic carbocycles. The minimum Gasteiger partial charge on any atom is -0.319 e. The molecule has 2 aromatic heterocycles. The second-order valence-corrected chi connectivity index (χ2v) is 2.87. The van der Waals surface area contributed by atoms with Gasteiger partial charge >= 0.3 is 0 Å². The zero-order valence-electron chi connectivity index (χ0n) is 7.68. The van der Waals surface area contributed by atoms with Gasteiger partial charge in [-0.2, -0.15) is 5.26 Å². The summed E-state index contributed by atoms with van der Waals surface area (Å²) in [5.74, 6) is 0.781. The quantitative estimate of drug-likeness (QED) is 0.672. The molecule has 0 atom stereocenters. The van der Waals surface area contributed by atoms with Crippen molar-refractivity contribution >= 4 is 0 Å².